The lowest BCUT2D eigenvalue weighted by molar-refractivity contribution is 0.305. The van der Waals surface area contributed by atoms with E-state index in [2.05, 4.69) is 43.1 Å². The highest BCUT2D eigenvalue weighted by Crippen LogP contribution is 2.33. The van der Waals surface area contributed by atoms with Crippen LogP contribution in [0.1, 0.15) is 16.4 Å². The van der Waals surface area contributed by atoms with E-state index in [1.807, 2.05) is 6.92 Å². The topological polar surface area (TPSA) is 45.2 Å². The van der Waals surface area contributed by atoms with Crippen molar-refractivity contribution in [3.8, 4) is 0 Å². The lowest BCUT2D eigenvalue weighted by Crippen LogP contribution is -2.29. The number of hydrogen-bond acceptors (Lipinski definition) is 6. The highest BCUT2D eigenvalue weighted by atomic mass is 32.1. The largest absolute Gasteiger partial charge is 0.356 e. The summed E-state index contributed by atoms with van der Waals surface area (Å²) in [4.78, 5) is 18.2. The van der Waals surface area contributed by atoms with Gasteiger partial charge in [-0.05, 0) is 25.7 Å². The van der Waals surface area contributed by atoms with Gasteiger partial charge in [-0.3, -0.25) is 4.90 Å². The van der Waals surface area contributed by atoms with Crippen molar-refractivity contribution in [2.45, 2.75) is 20.4 Å². The summed E-state index contributed by atoms with van der Waals surface area (Å²) in [6.45, 7) is 9.71. The molecular formula is C16H21N5S. The Morgan fingerprint density at radius 1 is 1.14 bits per heavy atom. The van der Waals surface area contributed by atoms with Gasteiger partial charge in [0.15, 0.2) is 0 Å². The number of aromatic nitrogens is 3. The molecule has 116 valence electrons. The number of rotatable bonds is 3. The van der Waals surface area contributed by atoms with Crippen LogP contribution < -0.4 is 4.90 Å². The average molecular weight is 315 g/mol. The first-order valence-corrected chi connectivity index (χ1v) is 8.72. The minimum Gasteiger partial charge on any atom is -0.356 e. The van der Waals surface area contributed by atoms with Gasteiger partial charge in [0.25, 0.3) is 0 Å². The average Bonchev–Trinajstić information content (AvgIpc) is 3.14. The molecule has 0 bridgehead atoms. The first-order chi connectivity index (χ1) is 10.7. The molecule has 0 spiro atoms. The van der Waals surface area contributed by atoms with E-state index >= 15 is 0 Å². The predicted octanol–water partition coefficient (Wildman–Crippen LogP) is 2.12. The Kier molecular flexibility index (Phi) is 3.58. The molecule has 5 nitrogen and oxygen atoms in total. The molecule has 2 aliphatic rings. The van der Waals surface area contributed by atoms with Crippen LogP contribution in [0.5, 0.6) is 0 Å². The third-order valence-electron chi connectivity index (χ3n) is 4.73. The third kappa shape index (κ3) is 2.73. The van der Waals surface area contributed by atoms with Gasteiger partial charge in [-0.25, -0.2) is 15.0 Å². The molecule has 4 heterocycles. The van der Waals surface area contributed by atoms with Gasteiger partial charge < -0.3 is 4.90 Å². The fourth-order valence-corrected chi connectivity index (χ4v) is 4.33. The third-order valence-corrected chi connectivity index (χ3v) is 5.55. The summed E-state index contributed by atoms with van der Waals surface area (Å²) in [5.74, 6) is 2.61. The molecule has 22 heavy (non-hydrogen) atoms. The summed E-state index contributed by atoms with van der Waals surface area (Å²) in [5.41, 5.74) is 2.27. The molecule has 2 fully saturated rings. The number of anilines is 1. The molecule has 4 rings (SSSR count). The van der Waals surface area contributed by atoms with Gasteiger partial charge in [0.05, 0.1) is 10.7 Å². The van der Waals surface area contributed by atoms with Gasteiger partial charge in [-0.1, -0.05) is 0 Å². The Morgan fingerprint density at radius 2 is 1.91 bits per heavy atom. The minimum atomic E-state index is 0.759. The molecule has 0 aliphatic carbocycles. The second kappa shape index (κ2) is 5.59. The van der Waals surface area contributed by atoms with Crippen molar-refractivity contribution in [3.63, 3.8) is 0 Å². The zero-order valence-corrected chi connectivity index (χ0v) is 13.9. The maximum Gasteiger partial charge on any atom is 0.132 e. The zero-order chi connectivity index (χ0) is 15.1. The molecule has 2 atom stereocenters. The van der Waals surface area contributed by atoms with E-state index < -0.39 is 0 Å². The highest BCUT2D eigenvalue weighted by Gasteiger charge is 2.40. The first-order valence-electron chi connectivity index (χ1n) is 7.84. The Labute approximate surface area is 135 Å². The van der Waals surface area contributed by atoms with E-state index in [4.69, 9.17) is 0 Å². The van der Waals surface area contributed by atoms with Gasteiger partial charge in [0.2, 0.25) is 0 Å². The van der Waals surface area contributed by atoms with Crippen LogP contribution in [-0.4, -0.2) is 46.0 Å². The molecule has 6 heteroatoms. The van der Waals surface area contributed by atoms with Crippen LogP contribution in [0.2, 0.25) is 0 Å². The summed E-state index contributed by atoms with van der Waals surface area (Å²) in [6.07, 6.45) is 1.68. The van der Waals surface area contributed by atoms with Gasteiger partial charge in [-0.2, -0.15) is 0 Å². The van der Waals surface area contributed by atoms with Crippen molar-refractivity contribution in [1.29, 1.82) is 0 Å². The van der Waals surface area contributed by atoms with Crippen LogP contribution in [0.3, 0.4) is 0 Å². The maximum atomic E-state index is 4.59. The molecule has 0 N–H and O–H groups in total. The van der Waals surface area contributed by atoms with Crippen LogP contribution in [-0.2, 0) is 6.54 Å². The van der Waals surface area contributed by atoms with Gasteiger partial charge in [0.1, 0.15) is 12.1 Å². The fraction of sp³-hybridized carbons (Fsp3) is 0.562. The van der Waals surface area contributed by atoms with Crippen LogP contribution in [0.4, 0.5) is 5.82 Å². The number of hydrogen-bond donors (Lipinski definition) is 0. The lowest BCUT2D eigenvalue weighted by Gasteiger charge is -2.21. The molecular weight excluding hydrogens is 294 g/mol. The number of aryl methyl sites for hydroxylation is 2. The van der Waals surface area contributed by atoms with E-state index in [1.165, 1.54) is 23.8 Å². The second-order valence-corrected chi connectivity index (χ2v) is 7.56. The Hall–Kier alpha value is -1.53. The first kappa shape index (κ1) is 14.1. The van der Waals surface area contributed by atoms with Crippen LogP contribution >= 0.6 is 11.3 Å². The molecule has 2 saturated heterocycles. The summed E-state index contributed by atoms with van der Waals surface area (Å²) >= 11 is 1.75. The minimum absolute atomic E-state index is 0.759. The maximum absolute atomic E-state index is 4.59. The fourth-order valence-electron chi connectivity index (χ4n) is 3.73. The Bertz CT molecular complexity index is 656. The van der Waals surface area contributed by atoms with E-state index in [-0.39, 0.29) is 0 Å². The predicted molar refractivity (Wildman–Crippen MR) is 88.1 cm³/mol. The zero-order valence-electron chi connectivity index (χ0n) is 13.1. The smallest absolute Gasteiger partial charge is 0.132 e. The van der Waals surface area contributed by atoms with Crippen molar-refractivity contribution in [1.82, 2.24) is 19.9 Å². The Balaban J connectivity index is 1.38. The molecule has 0 saturated carbocycles. The summed E-state index contributed by atoms with van der Waals surface area (Å²) in [7, 11) is 0. The van der Waals surface area contributed by atoms with Gasteiger partial charge in [-0.15, -0.1) is 11.3 Å². The lowest BCUT2D eigenvalue weighted by atomic mass is 10.0. The van der Waals surface area contributed by atoms with Crippen molar-refractivity contribution < 1.29 is 0 Å². The molecule has 2 unspecified atom stereocenters. The normalized spacial score (nSPS) is 24.9. The summed E-state index contributed by atoms with van der Waals surface area (Å²) in [6, 6.07) is 2.09. The number of fused-ring (bicyclic) bond motifs is 1. The standard InChI is InChI=1S/C16H21N5S/c1-11-3-16(18-10-17-11)21-6-13-4-20(5-14(13)7-21)8-15-9-22-12(2)19-15/h3,9-10,13-14H,4-8H2,1-2H3. The molecule has 2 aromatic rings. The van der Waals surface area contributed by atoms with Crippen molar-refractivity contribution in [3.05, 3.63) is 34.2 Å². The van der Waals surface area contributed by atoms with Gasteiger partial charge in [0, 0.05) is 49.9 Å². The van der Waals surface area contributed by atoms with Crippen molar-refractivity contribution in [2.75, 3.05) is 31.1 Å². The number of likely N-dealkylation sites (tertiary alicyclic amines) is 1. The van der Waals surface area contributed by atoms with Crippen molar-refractivity contribution >= 4 is 17.2 Å². The van der Waals surface area contributed by atoms with E-state index in [1.54, 1.807) is 17.7 Å². The molecule has 0 radical (unpaired) electrons. The van der Waals surface area contributed by atoms with Crippen LogP contribution in [0.25, 0.3) is 0 Å². The number of nitrogens with zero attached hydrogens (tertiary/aromatic N) is 5. The molecule has 0 aromatic carbocycles. The summed E-state index contributed by atoms with van der Waals surface area (Å²) in [5, 5.41) is 3.36. The molecule has 2 aliphatic heterocycles. The van der Waals surface area contributed by atoms with Crippen LogP contribution in [0.15, 0.2) is 17.8 Å². The molecule has 2 aromatic heterocycles. The quantitative estimate of drug-likeness (QED) is 0.868. The number of thiazole rings is 1. The SMILES string of the molecule is Cc1cc(N2CC3CN(Cc4csc(C)n4)CC3C2)ncn1. The van der Waals surface area contributed by atoms with Crippen LogP contribution in [0, 0.1) is 25.7 Å². The Morgan fingerprint density at radius 3 is 2.55 bits per heavy atom. The highest BCUT2D eigenvalue weighted by molar-refractivity contribution is 7.09. The van der Waals surface area contributed by atoms with E-state index in [9.17, 15) is 0 Å². The van der Waals surface area contributed by atoms with Crippen molar-refractivity contribution in [2.24, 2.45) is 11.8 Å². The van der Waals surface area contributed by atoms with E-state index in [0.717, 1.165) is 43.0 Å². The van der Waals surface area contributed by atoms with Gasteiger partial charge >= 0.3 is 0 Å². The van der Waals surface area contributed by atoms with E-state index in [0.29, 0.717) is 0 Å². The monoisotopic (exact) mass is 315 g/mol. The second-order valence-electron chi connectivity index (χ2n) is 6.49. The summed E-state index contributed by atoms with van der Waals surface area (Å²) < 4.78 is 0. The molecule has 0 amide bonds.